The number of nitrogens with one attached hydrogen (secondary N) is 9. The van der Waals surface area contributed by atoms with Gasteiger partial charge in [-0.15, -0.1) is 0 Å². The molecule has 34 nitrogen and oxygen atoms in total. The van der Waals surface area contributed by atoms with Crippen LogP contribution in [-0.4, -0.2) is 198 Å². The summed E-state index contributed by atoms with van der Waals surface area (Å²) in [5.74, 6) is -14.8. The van der Waals surface area contributed by atoms with E-state index in [2.05, 4.69) is 47.9 Å². The molecule has 1 unspecified atom stereocenters. The van der Waals surface area contributed by atoms with Gasteiger partial charge in [0, 0.05) is 41.1 Å². The molecule has 5 aromatic rings. The topological polar surface area (TPSA) is 525 Å². The third kappa shape index (κ3) is 19.5. The summed E-state index contributed by atoms with van der Waals surface area (Å²) in [5, 5.41) is 130. The Kier molecular flexibility index (Phi) is 27.5. The van der Waals surface area contributed by atoms with Crippen LogP contribution in [0.1, 0.15) is 183 Å². The second kappa shape index (κ2) is 37.3. The molecule has 5 aromatic carbocycles. The van der Waals surface area contributed by atoms with Crippen LogP contribution in [-0.2, 0) is 57.4 Å². The fourth-order valence-corrected chi connectivity index (χ4v) is 18.7. The lowest BCUT2D eigenvalue weighted by Gasteiger charge is -2.54. The van der Waals surface area contributed by atoms with E-state index in [0.717, 1.165) is 106 Å². The number of aromatic hydroxyl groups is 3. The molecule has 4 aliphatic carbocycles. The maximum atomic E-state index is 16.6. The fraction of sp³-hybridized carbons (Fsp3) is 0.541. The van der Waals surface area contributed by atoms with Crippen LogP contribution in [0, 0.1) is 35.5 Å². The Morgan fingerprint density at radius 3 is 1.89 bits per heavy atom. The maximum absolute atomic E-state index is 16.6. The standard InChI is InChI=1S/C85H106Cl2N10O24/c1-8-9-10-11-12-36(4)76(108)91-60(102)32-52-78(110)93-65-45-28-57(117-55-17-14-41(26-49(55)86)69(103)67(82(114)90-52)96-77(109)51(89-7)19-35(2)3)73(121-84-74(72(106)71(105)59(34-98)119-84)120-61-33-85(6,88)75(107)37(5)116-61)58(29-45)118-56-18-15-42(27-50(56)87)70(104)68-83(115)95-66(81(113)92-63-43-21-38-20-39(23-43)24-44(63)22-38)48-30-46(99)31-54(101)62(48)47-25-40(13-16-53(47)100)64(79(111)97-68)94-80(65)112/h13-18,25-31,35-39,43-44,51-52,59,61,63-72,74-75,84,89,98-101,103-107H,8-12,19-24,32-34,88H2,1-7H3,(H,90,114)(H,92,113)(H,93,110)(H,94,112)(H,95,115)(H,96,109)(H,97,111)(H,91,102,108)/t36?,37-,38?,39?,43?,44?,51+,52-,59+,61-,63?,64+,65+,66-,67+,68-,69+,70+,71+,72-,74+,75+,84-,85-/m0/s1. The van der Waals surface area contributed by atoms with Gasteiger partial charge in [0.25, 0.3) is 0 Å². The van der Waals surface area contributed by atoms with Crippen LogP contribution in [0.2, 0.25) is 10.0 Å². The van der Waals surface area contributed by atoms with Gasteiger partial charge in [-0.25, -0.2) is 0 Å². The molecule has 7 aliphatic heterocycles. The number of likely N-dealkylation sites (N-methyl/N-ethyl adjacent to an activating group) is 1. The van der Waals surface area contributed by atoms with Crippen molar-refractivity contribution < 1.29 is 118 Å². The smallest absolute Gasteiger partial charge is 0.248 e. The molecule has 16 rings (SSSR count). The van der Waals surface area contributed by atoms with E-state index in [0.29, 0.717) is 24.7 Å². The van der Waals surface area contributed by atoms with Crippen LogP contribution < -0.4 is 67.8 Å². The highest BCUT2D eigenvalue weighted by atomic mass is 35.5. The summed E-state index contributed by atoms with van der Waals surface area (Å²) in [5.41, 5.74) is 3.02. The first-order valence-electron chi connectivity index (χ1n) is 41.1. The summed E-state index contributed by atoms with van der Waals surface area (Å²) in [6.45, 7) is 9.31. The Labute approximate surface area is 707 Å². The predicted octanol–water partition coefficient (Wildman–Crippen LogP) is 4.73. The van der Waals surface area contributed by atoms with Gasteiger partial charge in [-0.05, 0) is 178 Å². The molecule has 19 atom stereocenters. The average Bonchev–Trinajstić information content (AvgIpc) is 0.753. The highest BCUT2D eigenvalue weighted by molar-refractivity contribution is 6.32. The number of rotatable bonds is 20. The third-order valence-electron chi connectivity index (χ3n) is 24.5. The molecule has 0 spiro atoms. The van der Waals surface area contributed by atoms with E-state index in [4.69, 9.17) is 57.4 Å². The second-order valence-corrected chi connectivity index (χ2v) is 34.9. The minimum absolute atomic E-state index is 0.0624. The van der Waals surface area contributed by atoms with E-state index in [9.17, 15) is 60.3 Å². The molecular weight excluding hydrogens is 1620 g/mol. The monoisotopic (exact) mass is 1720 g/mol. The van der Waals surface area contributed by atoms with Gasteiger partial charge in [-0.2, -0.15) is 0 Å². The van der Waals surface area contributed by atoms with Crippen LogP contribution in [0.4, 0.5) is 0 Å². The summed E-state index contributed by atoms with van der Waals surface area (Å²) in [7, 11) is 1.49. The van der Waals surface area contributed by atoms with Gasteiger partial charge in [0.15, 0.2) is 23.9 Å². The number of fused-ring (bicyclic) bond motifs is 15. The molecular formula is C85H106Cl2N10O24. The number of ether oxygens (including phenoxy) is 6. The lowest BCUT2D eigenvalue weighted by atomic mass is 9.54. The Morgan fingerprint density at radius 1 is 0.661 bits per heavy atom. The van der Waals surface area contributed by atoms with Crippen LogP contribution in [0.25, 0.3) is 11.1 Å². The number of hydrogen-bond acceptors (Lipinski definition) is 26. The minimum Gasteiger partial charge on any atom is -0.508 e. The molecule has 0 radical (unpaired) electrons. The van der Waals surface area contributed by atoms with E-state index in [1.54, 1.807) is 6.92 Å². The van der Waals surface area contributed by atoms with Crippen molar-refractivity contribution in [2.75, 3.05) is 13.7 Å². The highest BCUT2D eigenvalue weighted by Gasteiger charge is 2.53. The number of aliphatic hydroxyl groups excluding tert-OH is 6. The van der Waals surface area contributed by atoms with E-state index in [1.807, 2.05) is 20.8 Å². The molecule has 15 bridgehead atoms. The summed E-state index contributed by atoms with van der Waals surface area (Å²) < 4.78 is 39.1. The van der Waals surface area contributed by atoms with E-state index in [1.165, 1.54) is 45.2 Å². The molecule has 2 saturated heterocycles. The van der Waals surface area contributed by atoms with E-state index < -0.39 is 226 Å². The molecule has 36 heteroatoms. The molecule has 121 heavy (non-hydrogen) atoms. The van der Waals surface area contributed by atoms with Crippen LogP contribution >= 0.6 is 23.2 Å². The fourth-order valence-electron chi connectivity index (χ4n) is 18.2. The van der Waals surface area contributed by atoms with Crippen molar-refractivity contribution in [1.82, 2.24) is 47.9 Å². The number of carbonyl (C=O) groups excluding carboxylic acids is 9. The number of imide groups is 1. The van der Waals surface area contributed by atoms with E-state index in [-0.39, 0.29) is 86.5 Å². The summed E-state index contributed by atoms with van der Waals surface area (Å²) in [6.07, 6.45) is -10.8. The maximum Gasteiger partial charge on any atom is 0.248 e. The molecule has 6 fully saturated rings. The molecule has 20 N–H and O–H groups in total. The number of amides is 9. The molecule has 11 aliphatic rings. The summed E-state index contributed by atoms with van der Waals surface area (Å²) >= 11 is 14.5. The van der Waals surface area contributed by atoms with Gasteiger partial charge >= 0.3 is 0 Å². The zero-order valence-electron chi connectivity index (χ0n) is 67.7. The number of phenolic OH excluding ortho intramolecular Hbond substituents is 3. The van der Waals surface area contributed by atoms with Crippen molar-refractivity contribution in [2.45, 2.75) is 240 Å². The molecule has 9 amide bonds. The number of aliphatic hydroxyl groups is 6. The Bertz CT molecular complexity index is 4740. The average molecular weight is 1720 g/mol. The van der Waals surface area contributed by atoms with Crippen LogP contribution in [0.3, 0.4) is 0 Å². The zero-order valence-corrected chi connectivity index (χ0v) is 69.3. The first-order chi connectivity index (χ1) is 57.5. The van der Waals surface area contributed by atoms with Crippen molar-refractivity contribution >= 4 is 76.4 Å². The first kappa shape index (κ1) is 89.2. The zero-order chi connectivity index (χ0) is 87.1. The Hall–Kier alpha value is -9.53. The summed E-state index contributed by atoms with van der Waals surface area (Å²) in [6, 6.07) is 0.207. The van der Waals surface area contributed by atoms with E-state index >= 15 is 28.8 Å². The number of phenols is 3. The quantitative estimate of drug-likeness (QED) is 0.0468. The van der Waals surface area contributed by atoms with Gasteiger partial charge in [0.2, 0.25) is 65.2 Å². The van der Waals surface area contributed by atoms with Gasteiger partial charge in [-0.3, -0.25) is 48.5 Å². The minimum atomic E-state index is -2.38. The van der Waals surface area contributed by atoms with Crippen LogP contribution in [0.5, 0.6) is 46.0 Å². The predicted molar refractivity (Wildman–Crippen MR) is 433 cm³/mol. The number of benzene rings is 5. The van der Waals surface area contributed by atoms with Crippen molar-refractivity contribution in [3.05, 3.63) is 117 Å². The normalized spacial score (nSPS) is 31.3. The summed E-state index contributed by atoms with van der Waals surface area (Å²) in [4.78, 5) is 138. The third-order valence-corrected chi connectivity index (χ3v) is 25.1. The van der Waals surface area contributed by atoms with Gasteiger partial charge in [-0.1, -0.05) is 94.8 Å². The van der Waals surface area contributed by atoms with Crippen molar-refractivity contribution in [1.29, 1.82) is 0 Å². The van der Waals surface area contributed by atoms with Gasteiger partial charge in [0.1, 0.15) is 95.5 Å². The Morgan fingerprint density at radius 2 is 1.28 bits per heavy atom. The van der Waals surface area contributed by atoms with Crippen LogP contribution in [0.15, 0.2) is 78.9 Å². The lowest BCUT2D eigenvalue weighted by molar-refractivity contribution is -0.333. The molecule has 0 aromatic heterocycles. The molecule has 4 saturated carbocycles. The van der Waals surface area contributed by atoms with Crippen molar-refractivity contribution in [3.63, 3.8) is 0 Å². The highest BCUT2D eigenvalue weighted by Crippen LogP contribution is 2.55. The molecule has 654 valence electrons. The number of carbonyl (C=O) groups is 9. The largest absolute Gasteiger partial charge is 0.508 e. The number of halogens is 2. The SMILES string of the molecule is CCCCCCC(C)C(=O)NC(=O)C[C@@H]1NC(=O)[C@H](NC(=O)[C@@H](CC(C)C)NC)[C@H](O)c2ccc(c(Cl)c2)Oc2cc3cc(c2O[C@@H]2O[C@H](CO)[C@@H](O)[C@H](O)[C@H]2O[C@H]2C[C@](C)(N)[C@H](O)[C@H](C)O2)Oc2ccc(cc2Cl)[C@@H](O)[C@@H]2NC(=O)[C@H](NC(=O)[C@@H]3NC1=O)c1ccc(O)c(c1)-c1c(O)cc(O)cc1[C@@H](C(=O)NC1C3CC4CC(C3)CC1C4)NC2=O. The second-order valence-electron chi connectivity index (χ2n) is 34.0. The van der Waals surface area contributed by atoms with Crippen molar-refractivity contribution in [3.8, 4) is 57.1 Å². The molecule has 7 heterocycles. The van der Waals surface area contributed by atoms with Gasteiger partial charge < -0.3 is 123 Å². The first-order valence-corrected chi connectivity index (χ1v) is 41.8. The number of unbranched alkanes of at least 4 members (excludes halogenated alkanes) is 3. The van der Waals surface area contributed by atoms with Gasteiger partial charge in [0.05, 0.1) is 41.3 Å². The van der Waals surface area contributed by atoms with Crippen molar-refractivity contribution in [2.24, 2.45) is 41.2 Å². The Balaban J connectivity index is 1.02. The number of nitrogens with two attached hydrogens (primary N) is 1. The lowest BCUT2D eigenvalue weighted by Crippen LogP contribution is -2.64. The number of hydrogen-bond donors (Lipinski definition) is 19.